The average molecular weight is 374 g/mol. The maximum absolute atomic E-state index is 12.6. The summed E-state index contributed by atoms with van der Waals surface area (Å²) in [6, 6.07) is 1.47. The molecule has 11 heteroatoms. The van der Waals surface area contributed by atoms with Crippen LogP contribution >= 0.6 is 0 Å². The molecule has 4 heterocycles. The van der Waals surface area contributed by atoms with E-state index in [1.807, 2.05) is 0 Å². The molecule has 2 aliphatic heterocycles. The number of hydrogen-bond acceptors (Lipinski definition) is 7. The highest BCUT2D eigenvalue weighted by atomic mass is 16.5. The van der Waals surface area contributed by atoms with Gasteiger partial charge < -0.3 is 19.8 Å². The zero-order chi connectivity index (χ0) is 19.1. The van der Waals surface area contributed by atoms with Gasteiger partial charge >= 0.3 is 12.1 Å². The van der Waals surface area contributed by atoms with Crippen molar-refractivity contribution in [2.75, 3.05) is 11.4 Å². The van der Waals surface area contributed by atoms with E-state index in [0.29, 0.717) is 17.9 Å². The van der Waals surface area contributed by atoms with E-state index in [-0.39, 0.29) is 25.1 Å². The van der Waals surface area contributed by atoms with Gasteiger partial charge in [-0.15, -0.1) is 0 Å². The number of carbonyl (C=O) groups is 2. The predicted molar refractivity (Wildman–Crippen MR) is 90.1 cm³/mol. The van der Waals surface area contributed by atoms with Crippen molar-refractivity contribution in [2.45, 2.75) is 38.3 Å². The van der Waals surface area contributed by atoms with E-state index in [1.54, 1.807) is 17.7 Å². The molecule has 0 saturated carbocycles. The number of aliphatic hydroxyl groups is 1. The van der Waals surface area contributed by atoms with E-state index in [2.05, 4.69) is 15.1 Å². The number of aliphatic hydroxyl groups excluding tert-OH is 1. The normalized spacial score (nSPS) is 24.8. The fraction of sp³-hybridized carbons (Fsp3) is 0.438. The third-order valence-electron chi connectivity index (χ3n) is 4.79. The van der Waals surface area contributed by atoms with Crippen molar-refractivity contribution < 1.29 is 24.5 Å². The SMILES string of the molecule is C[C@H]1Cn2ncc(N3C[C@@H](Oc4ncccn4)[C@H](O)C3=O)c2CN1C(=O)O. The largest absolute Gasteiger partial charge is 0.465 e. The van der Waals surface area contributed by atoms with Crippen LogP contribution in [0.4, 0.5) is 10.5 Å². The van der Waals surface area contributed by atoms with Gasteiger partial charge in [0, 0.05) is 12.4 Å². The number of hydrogen-bond donors (Lipinski definition) is 2. The molecule has 3 atom stereocenters. The Morgan fingerprint density at radius 1 is 1.30 bits per heavy atom. The summed E-state index contributed by atoms with van der Waals surface area (Å²) in [4.78, 5) is 34.5. The molecule has 1 fully saturated rings. The Morgan fingerprint density at radius 3 is 2.74 bits per heavy atom. The van der Waals surface area contributed by atoms with Crippen molar-refractivity contribution in [3.05, 3.63) is 30.4 Å². The highest BCUT2D eigenvalue weighted by Gasteiger charge is 2.44. The average Bonchev–Trinajstić information content (AvgIpc) is 3.17. The second-order valence-corrected chi connectivity index (χ2v) is 6.50. The van der Waals surface area contributed by atoms with Gasteiger partial charge in [0.15, 0.2) is 12.2 Å². The molecule has 0 radical (unpaired) electrons. The maximum atomic E-state index is 12.6. The molecule has 142 valence electrons. The molecule has 2 N–H and O–H groups in total. The Kier molecular flexibility index (Phi) is 4.15. The molecular weight excluding hydrogens is 356 g/mol. The Balaban J connectivity index is 1.58. The van der Waals surface area contributed by atoms with E-state index < -0.39 is 24.2 Å². The minimum absolute atomic E-state index is 0.0686. The van der Waals surface area contributed by atoms with Crippen molar-refractivity contribution in [1.29, 1.82) is 0 Å². The summed E-state index contributed by atoms with van der Waals surface area (Å²) in [7, 11) is 0. The Hall–Kier alpha value is -3.21. The molecule has 2 aliphatic rings. The number of carbonyl (C=O) groups excluding carboxylic acids is 1. The van der Waals surface area contributed by atoms with Gasteiger partial charge in [0.25, 0.3) is 5.91 Å². The number of fused-ring (bicyclic) bond motifs is 1. The number of amides is 2. The van der Waals surface area contributed by atoms with Crippen LogP contribution in [0.1, 0.15) is 12.6 Å². The standard InChI is InChI=1S/C16H18N6O5/c1-9-6-22-11(7-20(9)16(25)26)10(5-19-22)21-8-12(13(23)14(21)24)27-15-17-3-2-4-18-15/h2-5,9,12-13,23H,6-8H2,1H3,(H,25,26)/t9-,12+,13-/m0/s1. The third kappa shape index (κ3) is 2.95. The molecule has 11 nitrogen and oxygen atoms in total. The number of aromatic nitrogens is 4. The van der Waals surface area contributed by atoms with Gasteiger partial charge in [0.1, 0.15) is 0 Å². The minimum Gasteiger partial charge on any atom is -0.465 e. The van der Waals surface area contributed by atoms with Gasteiger partial charge in [-0.05, 0) is 13.0 Å². The lowest BCUT2D eigenvalue weighted by atomic mass is 10.2. The van der Waals surface area contributed by atoms with Gasteiger partial charge in [-0.1, -0.05) is 0 Å². The minimum atomic E-state index is -1.37. The molecule has 0 unspecified atom stereocenters. The second kappa shape index (κ2) is 6.50. The molecule has 2 aromatic heterocycles. The molecule has 0 aromatic carbocycles. The fourth-order valence-electron chi connectivity index (χ4n) is 3.36. The quantitative estimate of drug-likeness (QED) is 0.749. The molecule has 0 bridgehead atoms. The first-order valence-electron chi connectivity index (χ1n) is 8.43. The fourth-order valence-corrected chi connectivity index (χ4v) is 3.36. The topological polar surface area (TPSA) is 134 Å². The number of ether oxygens (including phenoxy) is 1. The van der Waals surface area contributed by atoms with Crippen molar-refractivity contribution in [3.8, 4) is 6.01 Å². The lowest BCUT2D eigenvalue weighted by Crippen LogP contribution is -2.44. The smallest absolute Gasteiger partial charge is 0.407 e. The van der Waals surface area contributed by atoms with Gasteiger partial charge in [-0.2, -0.15) is 5.10 Å². The summed E-state index contributed by atoms with van der Waals surface area (Å²) in [6.45, 7) is 2.38. The van der Waals surface area contributed by atoms with Crippen LogP contribution in [-0.2, 0) is 17.9 Å². The number of nitrogens with zero attached hydrogens (tertiary/aromatic N) is 6. The number of carboxylic acid groups (broad SMARTS) is 1. The van der Waals surface area contributed by atoms with E-state index in [4.69, 9.17) is 4.74 Å². The van der Waals surface area contributed by atoms with Crippen LogP contribution in [0, 0.1) is 0 Å². The van der Waals surface area contributed by atoms with Crippen LogP contribution in [0.3, 0.4) is 0 Å². The zero-order valence-corrected chi connectivity index (χ0v) is 14.5. The lowest BCUT2D eigenvalue weighted by molar-refractivity contribution is -0.126. The monoisotopic (exact) mass is 374 g/mol. The van der Waals surface area contributed by atoms with Gasteiger partial charge in [0.05, 0.1) is 43.3 Å². The highest BCUT2D eigenvalue weighted by molar-refractivity contribution is 6.00. The van der Waals surface area contributed by atoms with Crippen LogP contribution in [0.2, 0.25) is 0 Å². The van der Waals surface area contributed by atoms with Gasteiger partial charge in [-0.25, -0.2) is 14.8 Å². The van der Waals surface area contributed by atoms with Crippen LogP contribution in [0.5, 0.6) is 6.01 Å². The van der Waals surface area contributed by atoms with Crippen molar-refractivity contribution >= 4 is 17.7 Å². The zero-order valence-electron chi connectivity index (χ0n) is 14.5. The van der Waals surface area contributed by atoms with E-state index in [1.165, 1.54) is 28.4 Å². The Bertz CT molecular complexity index is 871. The van der Waals surface area contributed by atoms with Crippen molar-refractivity contribution in [2.24, 2.45) is 0 Å². The van der Waals surface area contributed by atoms with E-state index >= 15 is 0 Å². The molecule has 2 aromatic rings. The maximum Gasteiger partial charge on any atom is 0.407 e. The molecule has 27 heavy (non-hydrogen) atoms. The molecular formula is C16H18N6O5. The predicted octanol–water partition coefficient (Wildman–Crippen LogP) is -0.290. The first-order valence-corrected chi connectivity index (χ1v) is 8.43. The van der Waals surface area contributed by atoms with Crippen molar-refractivity contribution in [1.82, 2.24) is 24.6 Å². The summed E-state index contributed by atoms with van der Waals surface area (Å²) >= 11 is 0. The second-order valence-electron chi connectivity index (χ2n) is 6.50. The van der Waals surface area contributed by atoms with E-state index in [9.17, 15) is 19.8 Å². The van der Waals surface area contributed by atoms with E-state index in [0.717, 1.165) is 0 Å². The van der Waals surface area contributed by atoms with Crippen LogP contribution in [0.15, 0.2) is 24.7 Å². The number of rotatable bonds is 3. The summed E-state index contributed by atoms with van der Waals surface area (Å²) in [5.74, 6) is -0.535. The third-order valence-corrected chi connectivity index (χ3v) is 4.79. The molecule has 1 saturated heterocycles. The van der Waals surface area contributed by atoms with Crippen LogP contribution in [0.25, 0.3) is 0 Å². The molecule has 0 spiro atoms. The van der Waals surface area contributed by atoms with Crippen LogP contribution < -0.4 is 9.64 Å². The van der Waals surface area contributed by atoms with Gasteiger partial charge in [-0.3, -0.25) is 14.4 Å². The first-order chi connectivity index (χ1) is 13.0. The van der Waals surface area contributed by atoms with Crippen LogP contribution in [-0.4, -0.2) is 71.7 Å². The Labute approximate surface area is 153 Å². The first kappa shape index (κ1) is 17.2. The van der Waals surface area contributed by atoms with Gasteiger partial charge in [0.2, 0.25) is 0 Å². The Morgan fingerprint density at radius 2 is 2.04 bits per heavy atom. The summed E-state index contributed by atoms with van der Waals surface area (Å²) in [5, 5.41) is 23.9. The molecule has 4 rings (SSSR count). The van der Waals surface area contributed by atoms with Crippen molar-refractivity contribution in [3.63, 3.8) is 0 Å². The molecule has 2 amide bonds. The lowest BCUT2D eigenvalue weighted by Gasteiger charge is -2.32. The summed E-state index contributed by atoms with van der Waals surface area (Å²) in [5.41, 5.74) is 1.07. The summed E-state index contributed by atoms with van der Waals surface area (Å²) < 4.78 is 7.23. The summed E-state index contributed by atoms with van der Waals surface area (Å²) in [6.07, 6.45) is 1.27. The number of anilines is 1. The molecule has 0 aliphatic carbocycles. The highest BCUT2D eigenvalue weighted by Crippen LogP contribution is 2.31.